The third kappa shape index (κ3) is 4.35. The molecule has 0 aliphatic carbocycles. The van der Waals surface area contributed by atoms with E-state index in [1.165, 1.54) is 48.5 Å². The Morgan fingerprint density at radius 1 is 1.07 bits per heavy atom. The van der Waals surface area contributed by atoms with E-state index >= 15 is 0 Å². The van der Waals surface area contributed by atoms with E-state index in [1.807, 2.05) is 13.8 Å². The zero-order valence-electron chi connectivity index (χ0n) is 15.0. The van der Waals surface area contributed by atoms with Crippen LogP contribution in [-0.4, -0.2) is 20.4 Å². The molecule has 7 nitrogen and oxygen atoms in total. The van der Waals surface area contributed by atoms with Crippen LogP contribution in [0.15, 0.2) is 62.6 Å². The van der Waals surface area contributed by atoms with Crippen LogP contribution in [0.2, 0.25) is 5.02 Å². The van der Waals surface area contributed by atoms with Crippen LogP contribution in [-0.2, 0) is 10.0 Å². The predicted octanol–water partition coefficient (Wildman–Crippen LogP) is 3.39. The maximum absolute atomic E-state index is 12.8. The van der Waals surface area contributed by atoms with Gasteiger partial charge in [0.2, 0.25) is 0 Å². The Morgan fingerprint density at radius 2 is 1.82 bits per heavy atom. The molecule has 9 heteroatoms. The van der Waals surface area contributed by atoms with Crippen molar-refractivity contribution < 1.29 is 17.6 Å². The number of carbonyl (C=O) groups is 1. The first-order valence-corrected chi connectivity index (χ1v) is 10.2. The highest BCUT2D eigenvalue weighted by atomic mass is 35.5. The fourth-order valence-electron chi connectivity index (χ4n) is 2.51. The van der Waals surface area contributed by atoms with Gasteiger partial charge in [-0.05, 0) is 56.3 Å². The molecule has 1 amide bonds. The minimum atomic E-state index is -3.99. The van der Waals surface area contributed by atoms with E-state index in [2.05, 4.69) is 10.0 Å². The molecule has 1 aromatic heterocycles. The second kappa shape index (κ2) is 7.65. The molecular formula is C19H17ClN2O5S. The van der Waals surface area contributed by atoms with E-state index in [4.69, 9.17) is 16.0 Å². The number of rotatable bonds is 5. The highest BCUT2D eigenvalue weighted by molar-refractivity contribution is 7.92. The van der Waals surface area contributed by atoms with E-state index in [0.717, 1.165) is 0 Å². The second-order valence-electron chi connectivity index (χ2n) is 6.38. The van der Waals surface area contributed by atoms with Crippen molar-refractivity contribution in [2.75, 3.05) is 4.72 Å². The van der Waals surface area contributed by atoms with Crippen LogP contribution in [0.3, 0.4) is 0 Å². The Balaban J connectivity index is 1.95. The molecule has 3 aromatic rings. The molecule has 0 aliphatic rings. The summed E-state index contributed by atoms with van der Waals surface area (Å²) in [5, 5.41) is 3.34. The number of halogens is 1. The lowest BCUT2D eigenvalue weighted by molar-refractivity contribution is 0.0943. The zero-order chi connectivity index (χ0) is 20.5. The summed E-state index contributed by atoms with van der Waals surface area (Å²) in [5.41, 5.74) is 0.107. The summed E-state index contributed by atoms with van der Waals surface area (Å²) in [7, 11) is -3.99. The Hall–Kier alpha value is -2.84. The molecule has 0 spiro atoms. The van der Waals surface area contributed by atoms with Gasteiger partial charge in [0.1, 0.15) is 5.58 Å². The van der Waals surface area contributed by atoms with Gasteiger partial charge >= 0.3 is 5.63 Å². The summed E-state index contributed by atoms with van der Waals surface area (Å²) in [6, 6.07) is 11.0. The number of amides is 1. The van der Waals surface area contributed by atoms with Crippen molar-refractivity contribution in [1.29, 1.82) is 0 Å². The van der Waals surface area contributed by atoms with Gasteiger partial charge in [0, 0.05) is 23.1 Å². The molecule has 3 rings (SSSR count). The average molecular weight is 421 g/mol. The van der Waals surface area contributed by atoms with Gasteiger partial charge < -0.3 is 9.73 Å². The molecule has 28 heavy (non-hydrogen) atoms. The van der Waals surface area contributed by atoms with Crippen LogP contribution < -0.4 is 15.7 Å². The number of benzene rings is 2. The minimum absolute atomic E-state index is 0.0399. The molecule has 0 radical (unpaired) electrons. The topological polar surface area (TPSA) is 105 Å². The van der Waals surface area contributed by atoms with Crippen LogP contribution in [0, 0.1) is 0 Å². The first-order chi connectivity index (χ1) is 13.2. The third-order valence-electron chi connectivity index (χ3n) is 3.79. The van der Waals surface area contributed by atoms with Gasteiger partial charge in [-0.15, -0.1) is 0 Å². The van der Waals surface area contributed by atoms with Gasteiger partial charge in [0.05, 0.1) is 15.6 Å². The number of anilines is 1. The van der Waals surface area contributed by atoms with Crippen molar-refractivity contribution in [3.05, 3.63) is 69.5 Å². The molecule has 0 atom stereocenters. The van der Waals surface area contributed by atoms with E-state index in [0.29, 0.717) is 5.39 Å². The fourth-order valence-corrected chi connectivity index (χ4v) is 3.84. The van der Waals surface area contributed by atoms with E-state index in [-0.39, 0.29) is 38.7 Å². The summed E-state index contributed by atoms with van der Waals surface area (Å²) < 4.78 is 32.9. The highest BCUT2D eigenvalue weighted by Gasteiger charge is 2.18. The molecule has 146 valence electrons. The summed E-state index contributed by atoms with van der Waals surface area (Å²) in [6.45, 7) is 3.64. The normalized spacial score (nSPS) is 11.6. The quantitative estimate of drug-likeness (QED) is 0.615. The first kappa shape index (κ1) is 19.9. The Kier molecular flexibility index (Phi) is 5.44. The smallest absolute Gasteiger partial charge is 0.336 e. The fraction of sp³-hybridized carbons (Fsp3) is 0.158. The van der Waals surface area contributed by atoms with Crippen molar-refractivity contribution in [2.45, 2.75) is 24.8 Å². The molecule has 1 heterocycles. The van der Waals surface area contributed by atoms with Crippen LogP contribution in [0.5, 0.6) is 0 Å². The van der Waals surface area contributed by atoms with Crippen molar-refractivity contribution in [3.63, 3.8) is 0 Å². The summed E-state index contributed by atoms with van der Waals surface area (Å²) in [4.78, 5) is 23.4. The van der Waals surface area contributed by atoms with E-state index in [9.17, 15) is 18.0 Å². The number of carbonyl (C=O) groups excluding carboxylic acids is 1. The summed E-state index contributed by atoms with van der Waals surface area (Å²) in [6.07, 6.45) is 0. The van der Waals surface area contributed by atoms with Crippen LogP contribution >= 0.6 is 11.6 Å². The lowest BCUT2D eigenvalue weighted by Crippen LogP contribution is -2.30. The van der Waals surface area contributed by atoms with Gasteiger partial charge in [-0.25, -0.2) is 13.2 Å². The zero-order valence-corrected chi connectivity index (χ0v) is 16.6. The SMILES string of the molecule is CC(C)NC(=O)c1ccc(Cl)c(NS(=O)(=O)c2ccc3oc(=O)ccc3c2)c1. The maximum atomic E-state index is 12.8. The van der Waals surface area contributed by atoms with E-state index in [1.54, 1.807) is 0 Å². The second-order valence-corrected chi connectivity index (χ2v) is 8.47. The van der Waals surface area contributed by atoms with Crippen molar-refractivity contribution in [2.24, 2.45) is 0 Å². The molecule has 0 saturated heterocycles. The molecule has 2 N–H and O–H groups in total. The maximum Gasteiger partial charge on any atom is 0.336 e. The summed E-state index contributed by atoms with van der Waals surface area (Å²) >= 11 is 6.10. The molecule has 2 aromatic carbocycles. The Morgan fingerprint density at radius 3 is 2.54 bits per heavy atom. The van der Waals surface area contributed by atoms with Gasteiger partial charge in [-0.1, -0.05) is 11.6 Å². The number of hydrogen-bond acceptors (Lipinski definition) is 5. The first-order valence-electron chi connectivity index (χ1n) is 8.33. The standard InChI is InChI=1S/C19H17ClN2O5S/c1-11(2)21-19(24)13-3-6-15(20)16(10-13)22-28(25,26)14-5-7-17-12(9-14)4-8-18(23)27-17/h3-11,22H,1-2H3,(H,21,24). The number of fused-ring (bicyclic) bond motifs is 1. The monoisotopic (exact) mass is 420 g/mol. The molecule has 0 bridgehead atoms. The van der Waals surface area contributed by atoms with Gasteiger partial charge in [-0.3, -0.25) is 9.52 Å². The largest absolute Gasteiger partial charge is 0.423 e. The van der Waals surface area contributed by atoms with Gasteiger partial charge in [-0.2, -0.15) is 0 Å². The van der Waals surface area contributed by atoms with Gasteiger partial charge in [0.15, 0.2) is 0 Å². The third-order valence-corrected chi connectivity index (χ3v) is 5.49. The number of sulfonamides is 1. The lowest BCUT2D eigenvalue weighted by Gasteiger charge is -2.13. The van der Waals surface area contributed by atoms with E-state index < -0.39 is 15.6 Å². The van der Waals surface area contributed by atoms with Crippen molar-refractivity contribution >= 4 is 44.2 Å². The molecule has 0 saturated carbocycles. The molecule has 0 unspecified atom stereocenters. The van der Waals surface area contributed by atoms with Crippen LogP contribution in [0.4, 0.5) is 5.69 Å². The van der Waals surface area contributed by atoms with Crippen LogP contribution in [0.25, 0.3) is 11.0 Å². The van der Waals surface area contributed by atoms with Gasteiger partial charge in [0.25, 0.3) is 15.9 Å². The lowest BCUT2D eigenvalue weighted by atomic mass is 10.2. The predicted molar refractivity (Wildman–Crippen MR) is 107 cm³/mol. The Labute approximate surface area is 166 Å². The number of hydrogen-bond donors (Lipinski definition) is 2. The molecule has 0 aliphatic heterocycles. The van der Waals surface area contributed by atoms with Crippen molar-refractivity contribution in [1.82, 2.24) is 5.32 Å². The Bertz CT molecular complexity index is 1220. The summed E-state index contributed by atoms with van der Waals surface area (Å²) in [5.74, 6) is -0.340. The number of nitrogens with one attached hydrogen (secondary N) is 2. The highest BCUT2D eigenvalue weighted by Crippen LogP contribution is 2.27. The molecule has 0 fully saturated rings. The molecular weight excluding hydrogens is 404 g/mol. The van der Waals surface area contributed by atoms with Crippen LogP contribution in [0.1, 0.15) is 24.2 Å². The average Bonchev–Trinajstić information content (AvgIpc) is 2.62. The minimum Gasteiger partial charge on any atom is -0.423 e. The van der Waals surface area contributed by atoms with Crippen molar-refractivity contribution in [3.8, 4) is 0 Å².